The molecular weight excluding hydrogens is 292 g/mol. The van der Waals surface area contributed by atoms with E-state index >= 15 is 0 Å². The first-order valence-corrected chi connectivity index (χ1v) is 7.04. The number of carbonyl (C=O) groups excluding carboxylic acids is 2. The molecule has 126 valence electrons. The topological polar surface area (TPSA) is 113 Å². The van der Waals surface area contributed by atoms with E-state index in [0.717, 1.165) is 0 Å². The van der Waals surface area contributed by atoms with Crippen molar-refractivity contribution in [2.24, 2.45) is 0 Å². The average molecular weight is 316 g/mol. The number of rotatable bonds is 3. The van der Waals surface area contributed by atoms with Crippen LogP contribution in [0, 0.1) is 0 Å². The lowest BCUT2D eigenvalue weighted by molar-refractivity contribution is -0.212. The standard InChI is InChI=1S/C15H24O7/c1-8(2)12(19)21-15(13(20)22-14(3,4)5)6-9(16)11(18)10(17)7-15/h9-11,16-18H,1,6-7H2,2-5H3. The summed E-state index contributed by atoms with van der Waals surface area (Å²) in [5.74, 6) is -1.71. The minimum Gasteiger partial charge on any atom is -0.457 e. The highest BCUT2D eigenvalue weighted by atomic mass is 16.6. The highest BCUT2D eigenvalue weighted by Crippen LogP contribution is 2.35. The van der Waals surface area contributed by atoms with Gasteiger partial charge in [0.05, 0.1) is 12.2 Å². The van der Waals surface area contributed by atoms with E-state index in [2.05, 4.69) is 6.58 Å². The molecule has 0 aromatic carbocycles. The molecule has 0 aromatic heterocycles. The van der Waals surface area contributed by atoms with Crippen LogP contribution in [-0.2, 0) is 19.1 Å². The van der Waals surface area contributed by atoms with Crippen molar-refractivity contribution in [3.63, 3.8) is 0 Å². The van der Waals surface area contributed by atoms with Gasteiger partial charge >= 0.3 is 11.9 Å². The molecule has 0 bridgehead atoms. The number of hydrogen-bond donors (Lipinski definition) is 3. The van der Waals surface area contributed by atoms with Gasteiger partial charge in [-0.25, -0.2) is 9.59 Å². The normalized spacial score (nSPS) is 32.2. The number of esters is 2. The minimum absolute atomic E-state index is 0.0676. The summed E-state index contributed by atoms with van der Waals surface area (Å²) in [5, 5.41) is 29.3. The van der Waals surface area contributed by atoms with E-state index in [1.165, 1.54) is 6.92 Å². The van der Waals surface area contributed by atoms with E-state index in [9.17, 15) is 24.9 Å². The van der Waals surface area contributed by atoms with Crippen LogP contribution in [0.3, 0.4) is 0 Å². The maximum absolute atomic E-state index is 12.5. The zero-order valence-corrected chi connectivity index (χ0v) is 13.3. The van der Waals surface area contributed by atoms with Crippen molar-refractivity contribution in [3.8, 4) is 0 Å². The molecule has 1 fully saturated rings. The Bertz CT molecular complexity index is 451. The fourth-order valence-electron chi connectivity index (χ4n) is 2.18. The second-order valence-corrected chi connectivity index (χ2v) is 6.70. The molecule has 22 heavy (non-hydrogen) atoms. The Morgan fingerprint density at radius 2 is 1.59 bits per heavy atom. The molecule has 0 spiro atoms. The van der Waals surface area contributed by atoms with Crippen LogP contribution >= 0.6 is 0 Å². The van der Waals surface area contributed by atoms with Crippen molar-refractivity contribution in [2.45, 2.75) is 70.1 Å². The molecule has 0 amide bonds. The average Bonchev–Trinajstić information content (AvgIpc) is 2.33. The summed E-state index contributed by atoms with van der Waals surface area (Å²) in [5.41, 5.74) is -2.63. The van der Waals surface area contributed by atoms with Crippen LogP contribution in [0.2, 0.25) is 0 Å². The smallest absolute Gasteiger partial charge is 0.351 e. The van der Waals surface area contributed by atoms with Crippen LogP contribution in [0.4, 0.5) is 0 Å². The Morgan fingerprint density at radius 3 is 1.95 bits per heavy atom. The monoisotopic (exact) mass is 316 g/mol. The summed E-state index contributed by atoms with van der Waals surface area (Å²) in [6.45, 7) is 9.78. The van der Waals surface area contributed by atoms with Crippen molar-refractivity contribution >= 4 is 11.9 Å². The van der Waals surface area contributed by atoms with Crippen LogP contribution in [0.5, 0.6) is 0 Å². The predicted molar refractivity (Wildman–Crippen MR) is 76.7 cm³/mol. The quantitative estimate of drug-likeness (QED) is 0.498. The van der Waals surface area contributed by atoms with Crippen LogP contribution < -0.4 is 0 Å². The molecule has 1 aliphatic rings. The van der Waals surface area contributed by atoms with Crippen molar-refractivity contribution < 1.29 is 34.4 Å². The summed E-state index contributed by atoms with van der Waals surface area (Å²) in [4.78, 5) is 24.3. The summed E-state index contributed by atoms with van der Waals surface area (Å²) in [6.07, 6.45) is -4.99. The zero-order valence-electron chi connectivity index (χ0n) is 13.3. The van der Waals surface area contributed by atoms with Crippen molar-refractivity contribution in [2.75, 3.05) is 0 Å². The van der Waals surface area contributed by atoms with E-state index in [-0.39, 0.29) is 18.4 Å². The van der Waals surface area contributed by atoms with Crippen molar-refractivity contribution in [1.29, 1.82) is 0 Å². The number of aliphatic hydroxyl groups excluding tert-OH is 3. The second kappa shape index (κ2) is 6.36. The van der Waals surface area contributed by atoms with E-state index < -0.39 is 41.5 Å². The fourth-order valence-corrected chi connectivity index (χ4v) is 2.18. The highest BCUT2D eigenvalue weighted by Gasteiger charge is 2.54. The van der Waals surface area contributed by atoms with E-state index in [1.54, 1.807) is 20.8 Å². The SMILES string of the molecule is C=C(C)C(=O)OC1(C(=O)OC(C)(C)C)CC(O)C(O)C(O)C1. The minimum atomic E-state index is -1.86. The number of carbonyl (C=O) groups is 2. The number of aliphatic hydroxyl groups is 3. The summed E-state index contributed by atoms with van der Waals surface area (Å²) in [7, 11) is 0. The molecule has 7 nitrogen and oxygen atoms in total. The van der Waals surface area contributed by atoms with E-state index in [4.69, 9.17) is 9.47 Å². The third-order valence-electron chi connectivity index (χ3n) is 3.27. The van der Waals surface area contributed by atoms with E-state index in [0.29, 0.717) is 0 Å². The van der Waals surface area contributed by atoms with Gasteiger partial charge in [0.15, 0.2) is 0 Å². The molecule has 0 aromatic rings. The van der Waals surface area contributed by atoms with Gasteiger partial charge in [0, 0.05) is 18.4 Å². The largest absolute Gasteiger partial charge is 0.457 e. The molecule has 0 saturated heterocycles. The summed E-state index contributed by atoms with van der Waals surface area (Å²) >= 11 is 0. The molecular formula is C15H24O7. The van der Waals surface area contributed by atoms with Gasteiger partial charge in [-0.1, -0.05) is 6.58 Å². The Hall–Kier alpha value is -1.44. The number of ether oxygens (including phenoxy) is 2. The summed E-state index contributed by atoms with van der Waals surface area (Å²) in [6, 6.07) is 0. The van der Waals surface area contributed by atoms with Crippen LogP contribution in [0.15, 0.2) is 12.2 Å². The maximum atomic E-state index is 12.5. The predicted octanol–water partition coefficient (Wildman–Crippen LogP) is 0.0627. The molecule has 1 saturated carbocycles. The molecule has 1 rings (SSSR count). The van der Waals surface area contributed by atoms with E-state index in [1.807, 2.05) is 0 Å². The van der Waals surface area contributed by atoms with Gasteiger partial charge in [0.2, 0.25) is 5.60 Å². The van der Waals surface area contributed by atoms with Gasteiger partial charge in [-0.15, -0.1) is 0 Å². The Kier molecular flexibility index (Phi) is 5.38. The van der Waals surface area contributed by atoms with Gasteiger partial charge in [-0.05, 0) is 27.7 Å². The number of hydrogen-bond acceptors (Lipinski definition) is 7. The maximum Gasteiger partial charge on any atom is 0.351 e. The third kappa shape index (κ3) is 4.28. The molecule has 0 aliphatic heterocycles. The lowest BCUT2D eigenvalue weighted by Gasteiger charge is -2.42. The van der Waals surface area contributed by atoms with Crippen molar-refractivity contribution in [1.82, 2.24) is 0 Å². The first kappa shape index (κ1) is 18.6. The van der Waals surface area contributed by atoms with Crippen LogP contribution in [0.25, 0.3) is 0 Å². The van der Waals surface area contributed by atoms with Crippen LogP contribution in [-0.4, -0.2) is 56.8 Å². The summed E-state index contributed by atoms with van der Waals surface area (Å²) < 4.78 is 10.4. The molecule has 0 heterocycles. The zero-order chi connectivity index (χ0) is 17.3. The molecule has 7 heteroatoms. The Morgan fingerprint density at radius 1 is 1.14 bits per heavy atom. The molecule has 0 radical (unpaired) electrons. The van der Waals surface area contributed by atoms with Crippen LogP contribution in [0.1, 0.15) is 40.5 Å². The van der Waals surface area contributed by atoms with Gasteiger partial charge in [-0.2, -0.15) is 0 Å². The first-order chi connectivity index (χ1) is 9.88. The van der Waals surface area contributed by atoms with Gasteiger partial charge in [0.1, 0.15) is 11.7 Å². The molecule has 1 aliphatic carbocycles. The molecule has 2 unspecified atom stereocenters. The Labute approximate surface area is 129 Å². The lowest BCUT2D eigenvalue weighted by atomic mass is 9.79. The third-order valence-corrected chi connectivity index (χ3v) is 3.27. The van der Waals surface area contributed by atoms with Gasteiger partial charge in [0.25, 0.3) is 0 Å². The first-order valence-electron chi connectivity index (χ1n) is 7.04. The molecule has 3 N–H and O–H groups in total. The fraction of sp³-hybridized carbons (Fsp3) is 0.733. The van der Waals surface area contributed by atoms with Crippen molar-refractivity contribution in [3.05, 3.63) is 12.2 Å². The molecule has 2 atom stereocenters. The second-order valence-electron chi connectivity index (χ2n) is 6.70. The van der Waals surface area contributed by atoms with Gasteiger partial charge < -0.3 is 24.8 Å². The van der Waals surface area contributed by atoms with Gasteiger partial charge in [-0.3, -0.25) is 0 Å². The highest BCUT2D eigenvalue weighted by molar-refractivity contribution is 5.91. The Balaban J connectivity index is 3.12. The lowest BCUT2D eigenvalue weighted by Crippen LogP contribution is -2.59.